The van der Waals surface area contributed by atoms with Gasteiger partial charge in [-0.25, -0.2) is 0 Å². The zero-order valence-electron chi connectivity index (χ0n) is 8.90. The highest BCUT2D eigenvalue weighted by atomic mass is 15.4. The van der Waals surface area contributed by atoms with E-state index in [1.807, 2.05) is 24.7 Å². The molecule has 2 N–H and O–H groups in total. The van der Waals surface area contributed by atoms with Gasteiger partial charge in [-0.15, -0.1) is 5.10 Å². The monoisotopic (exact) mass is 194 g/mol. The lowest BCUT2D eigenvalue weighted by molar-refractivity contribution is 0.509. The van der Waals surface area contributed by atoms with E-state index < -0.39 is 0 Å². The highest BCUT2D eigenvalue weighted by molar-refractivity contribution is 4.99. The average molecular weight is 194 g/mol. The summed E-state index contributed by atoms with van der Waals surface area (Å²) in [5, 5.41) is 8.21. The molecule has 0 bridgehead atoms. The lowest BCUT2D eigenvalue weighted by Crippen LogP contribution is -2.34. The minimum Gasteiger partial charge on any atom is -0.325 e. The van der Waals surface area contributed by atoms with E-state index in [2.05, 4.69) is 10.3 Å². The summed E-state index contributed by atoms with van der Waals surface area (Å²) in [5.41, 5.74) is 6.72. The third-order valence-corrected chi connectivity index (χ3v) is 2.37. The number of hydrogen-bond donors (Lipinski definition) is 1. The normalized spacial score (nSPS) is 17.4. The van der Waals surface area contributed by atoms with Gasteiger partial charge in [0.15, 0.2) is 0 Å². The minimum absolute atomic E-state index is 0.194. The lowest BCUT2D eigenvalue weighted by atomic mass is 10.0. The molecule has 1 aromatic rings. The second-order valence-electron chi connectivity index (χ2n) is 5.04. The van der Waals surface area contributed by atoms with Crippen molar-refractivity contribution in [1.29, 1.82) is 0 Å². The van der Waals surface area contributed by atoms with Crippen LogP contribution in [0.3, 0.4) is 0 Å². The molecule has 1 fully saturated rings. The Balaban J connectivity index is 1.94. The van der Waals surface area contributed by atoms with Crippen LogP contribution >= 0.6 is 0 Å². The highest BCUT2D eigenvalue weighted by Gasteiger charge is 2.22. The van der Waals surface area contributed by atoms with Crippen LogP contribution in [0.4, 0.5) is 0 Å². The SMILES string of the molecule is CC(C)(N)Cc1cn(CC2CC2)nn1. The molecule has 0 radical (unpaired) electrons. The van der Waals surface area contributed by atoms with Gasteiger partial charge in [0.05, 0.1) is 5.69 Å². The van der Waals surface area contributed by atoms with Crippen LogP contribution in [0.2, 0.25) is 0 Å². The summed E-state index contributed by atoms with van der Waals surface area (Å²) in [4.78, 5) is 0. The van der Waals surface area contributed by atoms with Gasteiger partial charge in [-0.05, 0) is 32.6 Å². The Morgan fingerprint density at radius 2 is 2.29 bits per heavy atom. The first-order valence-electron chi connectivity index (χ1n) is 5.21. The van der Waals surface area contributed by atoms with Crippen LogP contribution < -0.4 is 5.73 Å². The molecule has 0 amide bonds. The number of hydrogen-bond acceptors (Lipinski definition) is 3. The molecule has 78 valence electrons. The molecule has 1 saturated carbocycles. The summed E-state index contributed by atoms with van der Waals surface area (Å²) < 4.78 is 1.94. The topological polar surface area (TPSA) is 56.7 Å². The van der Waals surface area contributed by atoms with Gasteiger partial charge in [-0.2, -0.15) is 0 Å². The van der Waals surface area contributed by atoms with E-state index in [0.29, 0.717) is 0 Å². The second kappa shape index (κ2) is 3.35. The van der Waals surface area contributed by atoms with Crippen LogP contribution in [0.15, 0.2) is 6.20 Å². The summed E-state index contributed by atoms with van der Waals surface area (Å²) in [6.07, 6.45) is 5.50. The minimum atomic E-state index is -0.194. The van der Waals surface area contributed by atoms with Crippen LogP contribution in [0, 0.1) is 5.92 Å². The molecule has 0 spiro atoms. The summed E-state index contributed by atoms with van der Waals surface area (Å²) in [7, 11) is 0. The highest BCUT2D eigenvalue weighted by Crippen LogP contribution is 2.30. The maximum atomic E-state index is 5.91. The smallest absolute Gasteiger partial charge is 0.0845 e. The van der Waals surface area contributed by atoms with Crippen molar-refractivity contribution in [3.63, 3.8) is 0 Å². The Labute approximate surface area is 84.5 Å². The van der Waals surface area contributed by atoms with Gasteiger partial charge in [-0.3, -0.25) is 4.68 Å². The lowest BCUT2D eigenvalue weighted by Gasteiger charge is -2.15. The van der Waals surface area contributed by atoms with Gasteiger partial charge >= 0.3 is 0 Å². The predicted octanol–water partition coefficient (Wildman–Crippen LogP) is 0.968. The molecule has 0 aromatic carbocycles. The summed E-state index contributed by atoms with van der Waals surface area (Å²) in [6.45, 7) is 5.04. The molecule has 4 heteroatoms. The number of aromatic nitrogens is 3. The zero-order chi connectivity index (χ0) is 10.2. The van der Waals surface area contributed by atoms with E-state index in [1.54, 1.807) is 0 Å². The maximum absolute atomic E-state index is 5.91. The molecule has 0 saturated heterocycles. The Hall–Kier alpha value is -0.900. The van der Waals surface area contributed by atoms with Gasteiger partial charge < -0.3 is 5.73 Å². The second-order valence-corrected chi connectivity index (χ2v) is 5.04. The maximum Gasteiger partial charge on any atom is 0.0845 e. The van der Waals surface area contributed by atoms with Gasteiger partial charge in [0.1, 0.15) is 0 Å². The van der Waals surface area contributed by atoms with Crippen molar-refractivity contribution >= 4 is 0 Å². The van der Waals surface area contributed by atoms with E-state index in [0.717, 1.165) is 24.6 Å². The molecule has 1 aliphatic carbocycles. The van der Waals surface area contributed by atoms with E-state index in [9.17, 15) is 0 Å². The van der Waals surface area contributed by atoms with Gasteiger partial charge in [0, 0.05) is 24.7 Å². The van der Waals surface area contributed by atoms with Crippen molar-refractivity contribution < 1.29 is 0 Å². The van der Waals surface area contributed by atoms with Gasteiger partial charge in [-0.1, -0.05) is 5.21 Å². The van der Waals surface area contributed by atoms with E-state index in [4.69, 9.17) is 5.73 Å². The van der Waals surface area contributed by atoms with Crippen LogP contribution in [0.25, 0.3) is 0 Å². The fraction of sp³-hybridized carbons (Fsp3) is 0.800. The van der Waals surface area contributed by atoms with Crippen molar-refractivity contribution in [2.24, 2.45) is 11.7 Å². The van der Waals surface area contributed by atoms with E-state index in [-0.39, 0.29) is 5.54 Å². The molecule has 14 heavy (non-hydrogen) atoms. The predicted molar refractivity (Wildman–Crippen MR) is 54.7 cm³/mol. The molecule has 0 atom stereocenters. The third-order valence-electron chi connectivity index (χ3n) is 2.37. The van der Waals surface area contributed by atoms with Crippen LogP contribution in [0.1, 0.15) is 32.4 Å². The molecule has 1 aromatic heterocycles. The Kier molecular flexibility index (Phi) is 2.31. The first-order chi connectivity index (χ1) is 6.53. The summed E-state index contributed by atoms with van der Waals surface area (Å²) in [6, 6.07) is 0. The van der Waals surface area contributed by atoms with E-state index in [1.165, 1.54) is 12.8 Å². The fourth-order valence-corrected chi connectivity index (χ4v) is 1.54. The zero-order valence-corrected chi connectivity index (χ0v) is 8.90. The molecule has 2 rings (SSSR count). The van der Waals surface area contributed by atoms with Crippen molar-refractivity contribution in [2.75, 3.05) is 0 Å². The number of nitrogens with two attached hydrogens (primary N) is 1. The standard InChI is InChI=1S/C10H18N4/c1-10(2,11)5-9-7-14(13-12-9)6-8-3-4-8/h7-8H,3-6,11H2,1-2H3. The first-order valence-corrected chi connectivity index (χ1v) is 5.21. The van der Waals surface area contributed by atoms with Crippen LogP contribution in [-0.4, -0.2) is 20.5 Å². The van der Waals surface area contributed by atoms with Crippen molar-refractivity contribution in [3.8, 4) is 0 Å². The van der Waals surface area contributed by atoms with Crippen LogP contribution in [0.5, 0.6) is 0 Å². The fourth-order valence-electron chi connectivity index (χ4n) is 1.54. The summed E-state index contributed by atoms with van der Waals surface area (Å²) >= 11 is 0. The molecule has 1 aliphatic rings. The summed E-state index contributed by atoms with van der Waals surface area (Å²) in [5.74, 6) is 0.843. The van der Waals surface area contributed by atoms with Crippen molar-refractivity contribution in [1.82, 2.24) is 15.0 Å². The molecule has 1 heterocycles. The van der Waals surface area contributed by atoms with Crippen LogP contribution in [-0.2, 0) is 13.0 Å². The van der Waals surface area contributed by atoms with Gasteiger partial charge in [0.2, 0.25) is 0 Å². The largest absolute Gasteiger partial charge is 0.325 e. The first kappa shape index (κ1) is 9.65. The van der Waals surface area contributed by atoms with E-state index >= 15 is 0 Å². The Morgan fingerprint density at radius 3 is 2.86 bits per heavy atom. The van der Waals surface area contributed by atoms with Crippen molar-refractivity contribution in [3.05, 3.63) is 11.9 Å². The average Bonchev–Trinajstić information content (AvgIpc) is 2.71. The van der Waals surface area contributed by atoms with Gasteiger partial charge in [0.25, 0.3) is 0 Å². The Bertz CT molecular complexity index is 306. The third kappa shape index (κ3) is 2.80. The van der Waals surface area contributed by atoms with Crippen molar-refractivity contribution in [2.45, 2.75) is 45.2 Å². The molecular weight excluding hydrogens is 176 g/mol. The number of nitrogens with zero attached hydrogens (tertiary/aromatic N) is 3. The Morgan fingerprint density at radius 1 is 1.57 bits per heavy atom. The molecule has 0 unspecified atom stereocenters. The molecular formula is C10H18N4. The number of rotatable bonds is 4. The molecule has 4 nitrogen and oxygen atoms in total. The quantitative estimate of drug-likeness (QED) is 0.777. The molecule has 0 aliphatic heterocycles.